The summed E-state index contributed by atoms with van der Waals surface area (Å²) in [4.78, 5) is 22.7. The first kappa shape index (κ1) is 15.8. The molecule has 2 N–H and O–H groups in total. The number of carboxylic acids is 1. The molecule has 2 fully saturated rings. The van der Waals surface area contributed by atoms with Crippen molar-refractivity contribution in [3.63, 3.8) is 0 Å². The van der Waals surface area contributed by atoms with E-state index < -0.39 is 12.6 Å². The van der Waals surface area contributed by atoms with Crippen LogP contribution in [-0.4, -0.2) is 30.1 Å². The van der Waals surface area contributed by atoms with Gasteiger partial charge in [-0.3, -0.25) is 4.79 Å². The molecule has 2 bridgehead atoms. The number of carbonyl (C=O) groups excluding carboxylic acids is 1. The van der Waals surface area contributed by atoms with Crippen LogP contribution in [0.1, 0.15) is 42.5 Å². The van der Waals surface area contributed by atoms with Gasteiger partial charge in [-0.1, -0.05) is 12.5 Å². The number of rotatable bonds is 7. The Balaban J connectivity index is 1.46. The molecule has 3 unspecified atom stereocenters. The third-order valence-corrected chi connectivity index (χ3v) is 5.14. The van der Waals surface area contributed by atoms with Gasteiger partial charge in [0.25, 0.3) is 5.91 Å². The summed E-state index contributed by atoms with van der Waals surface area (Å²) >= 11 is 0. The zero-order valence-electron chi connectivity index (χ0n) is 13.2. The monoisotopic (exact) mass is 317 g/mol. The van der Waals surface area contributed by atoms with E-state index in [0.29, 0.717) is 17.9 Å². The van der Waals surface area contributed by atoms with Crippen LogP contribution in [0.25, 0.3) is 0 Å². The van der Waals surface area contributed by atoms with Gasteiger partial charge in [0.05, 0.1) is 0 Å². The van der Waals surface area contributed by atoms with Crippen LogP contribution in [0.2, 0.25) is 0 Å². The topological polar surface area (TPSA) is 75.6 Å². The van der Waals surface area contributed by atoms with E-state index in [2.05, 4.69) is 5.32 Å². The van der Waals surface area contributed by atoms with E-state index in [4.69, 9.17) is 9.84 Å². The number of fused-ring (bicyclic) bond motifs is 2. The number of nitrogens with one attached hydrogen (secondary N) is 1. The molecule has 5 nitrogen and oxygen atoms in total. The third kappa shape index (κ3) is 4.03. The van der Waals surface area contributed by atoms with Crippen molar-refractivity contribution in [2.24, 2.45) is 17.8 Å². The normalized spacial score (nSPS) is 25.3. The summed E-state index contributed by atoms with van der Waals surface area (Å²) in [6.07, 6.45) is 6.55. The van der Waals surface area contributed by atoms with Crippen LogP contribution < -0.4 is 10.1 Å². The molecule has 0 saturated heterocycles. The molecule has 2 saturated carbocycles. The molecule has 1 aromatic rings. The summed E-state index contributed by atoms with van der Waals surface area (Å²) in [7, 11) is 0. The Morgan fingerprint density at radius 3 is 2.83 bits per heavy atom. The lowest BCUT2D eigenvalue weighted by molar-refractivity contribution is -0.139. The summed E-state index contributed by atoms with van der Waals surface area (Å²) in [5.74, 6) is 1.82. The molecule has 0 spiro atoms. The number of ether oxygens (including phenoxy) is 1. The minimum atomic E-state index is -1.04. The Bertz CT molecular complexity index is 586. The maximum absolute atomic E-state index is 12.2. The van der Waals surface area contributed by atoms with Crippen LogP contribution in [0.15, 0.2) is 24.3 Å². The van der Waals surface area contributed by atoms with Crippen LogP contribution in [0.3, 0.4) is 0 Å². The largest absolute Gasteiger partial charge is 0.482 e. The highest BCUT2D eigenvalue weighted by Gasteiger charge is 2.38. The van der Waals surface area contributed by atoms with Crippen LogP contribution in [-0.2, 0) is 4.79 Å². The van der Waals surface area contributed by atoms with Gasteiger partial charge in [-0.2, -0.15) is 0 Å². The second-order valence-electron chi connectivity index (χ2n) is 6.69. The second kappa shape index (κ2) is 7.02. The van der Waals surface area contributed by atoms with E-state index in [9.17, 15) is 9.59 Å². The molecule has 23 heavy (non-hydrogen) atoms. The number of aliphatic carboxylic acids is 1. The standard InChI is InChI=1S/C18H23NO4/c20-17(21)11-23-16-3-1-2-15(10-16)18(22)19-7-6-14-9-12-4-5-13(14)8-12/h1-3,10,12-14H,4-9,11H2,(H,19,22)(H,20,21). The van der Waals surface area contributed by atoms with E-state index >= 15 is 0 Å². The third-order valence-electron chi connectivity index (χ3n) is 5.14. The minimum absolute atomic E-state index is 0.131. The van der Waals surface area contributed by atoms with Crippen LogP contribution in [0.4, 0.5) is 0 Å². The quantitative estimate of drug-likeness (QED) is 0.811. The van der Waals surface area contributed by atoms with Gasteiger partial charge in [0.15, 0.2) is 6.61 Å². The van der Waals surface area contributed by atoms with Crippen molar-refractivity contribution in [1.82, 2.24) is 5.32 Å². The first-order valence-corrected chi connectivity index (χ1v) is 8.34. The molecule has 0 aromatic heterocycles. The number of amides is 1. The summed E-state index contributed by atoms with van der Waals surface area (Å²) < 4.78 is 5.10. The van der Waals surface area contributed by atoms with E-state index in [-0.39, 0.29) is 5.91 Å². The highest BCUT2D eigenvalue weighted by molar-refractivity contribution is 5.94. The fraction of sp³-hybridized carbons (Fsp3) is 0.556. The fourth-order valence-corrected chi connectivity index (χ4v) is 4.08. The summed E-state index contributed by atoms with van der Waals surface area (Å²) in [5.41, 5.74) is 0.501. The Labute approximate surface area is 136 Å². The molecule has 2 aliphatic rings. The first-order chi connectivity index (χ1) is 11.1. The maximum atomic E-state index is 12.2. The van der Waals surface area contributed by atoms with E-state index in [1.807, 2.05) is 0 Å². The van der Waals surface area contributed by atoms with Crippen molar-refractivity contribution in [3.8, 4) is 5.75 Å². The van der Waals surface area contributed by atoms with Gasteiger partial charge in [0, 0.05) is 12.1 Å². The number of carbonyl (C=O) groups is 2. The van der Waals surface area contributed by atoms with E-state index in [1.54, 1.807) is 24.3 Å². The zero-order valence-corrected chi connectivity index (χ0v) is 13.2. The molecule has 1 aromatic carbocycles. The Morgan fingerprint density at radius 2 is 2.13 bits per heavy atom. The Hall–Kier alpha value is -2.04. The zero-order chi connectivity index (χ0) is 16.2. The molecule has 124 valence electrons. The van der Waals surface area contributed by atoms with Crippen LogP contribution in [0, 0.1) is 17.8 Å². The lowest BCUT2D eigenvalue weighted by Gasteiger charge is -2.21. The minimum Gasteiger partial charge on any atom is -0.482 e. The molecule has 0 radical (unpaired) electrons. The molecule has 5 heteroatoms. The van der Waals surface area contributed by atoms with Crippen molar-refractivity contribution in [2.75, 3.05) is 13.2 Å². The number of carboxylic acid groups (broad SMARTS) is 1. The van der Waals surface area contributed by atoms with Gasteiger partial charge in [-0.15, -0.1) is 0 Å². The van der Waals surface area contributed by atoms with Gasteiger partial charge in [-0.25, -0.2) is 4.79 Å². The molecular formula is C18H23NO4. The lowest BCUT2D eigenvalue weighted by Crippen LogP contribution is -2.27. The number of benzene rings is 1. The highest BCUT2D eigenvalue weighted by Crippen LogP contribution is 2.49. The second-order valence-corrected chi connectivity index (χ2v) is 6.69. The molecule has 0 heterocycles. The van der Waals surface area contributed by atoms with Crippen molar-refractivity contribution in [3.05, 3.63) is 29.8 Å². The van der Waals surface area contributed by atoms with Crippen molar-refractivity contribution in [1.29, 1.82) is 0 Å². The van der Waals surface area contributed by atoms with Crippen LogP contribution >= 0.6 is 0 Å². The Kier molecular flexibility index (Phi) is 4.84. The maximum Gasteiger partial charge on any atom is 0.341 e. The average Bonchev–Trinajstić information content (AvgIpc) is 3.16. The number of hydrogen-bond acceptors (Lipinski definition) is 3. The van der Waals surface area contributed by atoms with Gasteiger partial charge >= 0.3 is 5.97 Å². The predicted molar refractivity (Wildman–Crippen MR) is 85.5 cm³/mol. The molecule has 3 rings (SSSR count). The smallest absolute Gasteiger partial charge is 0.341 e. The molecule has 1 amide bonds. The van der Waals surface area contributed by atoms with Crippen molar-refractivity contribution < 1.29 is 19.4 Å². The summed E-state index contributed by atoms with van der Waals surface area (Å²) in [6.45, 7) is 0.294. The molecule has 0 aliphatic heterocycles. The van der Waals surface area contributed by atoms with E-state index in [1.165, 1.54) is 25.7 Å². The Morgan fingerprint density at radius 1 is 1.26 bits per heavy atom. The van der Waals surface area contributed by atoms with Gasteiger partial charge < -0.3 is 15.2 Å². The van der Waals surface area contributed by atoms with Crippen molar-refractivity contribution >= 4 is 11.9 Å². The highest BCUT2D eigenvalue weighted by atomic mass is 16.5. The SMILES string of the molecule is O=C(O)COc1cccc(C(=O)NCCC2CC3CCC2C3)c1. The number of hydrogen-bond donors (Lipinski definition) is 2. The first-order valence-electron chi connectivity index (χ1n) is 8.34. The fourth-order valence-electron chi connectivity index (χ4n) is 4.08. The molecule has 2 aliphatic carbocycles. The van der Waals surface area contributed by atoms with Gasteiger partial charge in [0.2, 0.25) is 0 Å². The lowest BCUT2D eigenvalue weighted by atomic mass is 9.86. The summed E-state index contributed by atoms with van der Waals surface area (Å²) in [5, 5.41) is 11.6. The van der Waals surface area contributed by atoms with Crippen molar-refractivity contribution in [2.45, 2.75) is 32.1 Å². The molecular weight excluding hydrogens is 294 g/mol. The summed E-state index contributed by atoms with van der Waals surface area (Å²) in [6, 6.07) is 6.63. The van der Waals surface area contributed by atoms with Gasteiger partial charge in [-0.05, 0) is 61.6 Å². The van der Waals surface area contributed by atoms with Gasteiger partial charge in [0.1, 0.15) is 5.75 Å². The van der Waals surface area contributed by atoms with E-state index in [0.717, 1.165) is 24.2 Å². The van der Waals surface area contributed by atoms with Crippen LogP contribution in [0.5, 0.6) is 5.75 Å². The average molecular weight is 317 g/mol. The predicted octanol–water partition coefficient (Wildman–Crippen LogP) is 2.71. The molecule has 3 atom stereocenters.